The minimum atomic E-state index is -0.908. The molecule has 0 aliphatic heterocycles. The second-order valence-corrected chi connectivity index (χ2v) is 5.92. The molecule has 0 saturated carbocycles. The van der Waals surface area contributed by atoms with E-state index in [1.807, 2.05) is 32.0 Å². The van der Waals surface area contributed by atoms with Crippen molar-refractivity contribution in [2.24, 2.45) is 0 Å². The number of ether oxygens (including phenoxy) is 1. The number of amides is 1. The van der Waals surface area contributed by atoms with Crippen LogP contribution in [0.5, 0.6) is 0 Å². The number of non-ortho nitro benzene ring substituents is 1. The van der Waals surface area contributed by atoms with Gasteiger partial charge in [-0.05, 0) is 30.5 Å². The molecule has 26 heavy (non-hydrogen) atoms. The summed E-state index contributed by atoms with van der Waals surface area (Å²) in [5.74, 6) is -1.42. The van der Waals surface area contributed by atoms with Crippen molar-refractivity contribution in [3.63, 3.8) is 0 Å². The fraction of sp³-hybridized carbons (Fsp3) is 0.222. The fourth-order valence-corrected chi connectivity index (χ4v) is 2.56. The van der Waals surface area contributed by atoms with Crippen molar-refractivity contribution in [2.45, 2.75) is 20.3 Å². The molecule has 0 atom stereocenters. The number of nitrogens with zero attached hydrogens (tertiary/aromatic N) is 1. The van der Waals surface area contributed by atoms with E-state index in [1.54, 1.807) is 0 Å². The molecule has 0 aliphatic rings. The summed E-state index contributed by atoms with van der Waals surface area (Å²) >= 11 is 5.88. The van der Waals surface area contributed by atoms with E-state index in [-0.39, 0.29) is 16.3 Å². The second-order valence-electron chi connectivity index (χ2n) is 5.51. The van der Waals surface area contributed by atoms with Crippen molar-refractivity contribution < 1.29 is 19.2 Å². The summed E-state index contributed by atoms with van der Waals surface area (Å²) in [6.45, 7) is 3.30. The van der Waals surface area contributed by atoms with Crippen molar-refractivity contribution in [1.82, 2.24) is 0 Å². The number of benzene rings is 2. The molecule has 2 aromatic rings. The van der Waals surface area contributed by atoms with Gasteiger partial charge in [-0.1, -0.05) is 36.7 Å². The van der Waals surface area contributed by atoms with Gasteiger partial charge in [0.25, 0.3) is 11.6 Å². The van der Waals surface area contributed by atoms with E-state index in [4.69, 9.17) is 16.3 Å². The maximum absolute atomic E-state index is 12.1. The summed E-state index contributed by atoms with van der Waals surface area (Å²) < 4.78 is 4.93. The summed E-state index contributed by atoms with van der Waals surface area (Å²) in [5, 5.41) is 13.5. The SMILES string of the molecule is CCc1cccc(C)c1NC(=O)COC(=O)c1cc([N+](=O)[O-])ccc1Cl. The molecule has 0 spiro atoms. The molecule has 1 N–H and O–H groups in total. The zero-order chi connectivity index (χ0) is 19.3. The predicted octanol–water partition coefficient (Wildman–Crippen LogP) is 3.91. The third-order valence-corrected chi connectivity index (χ3v) is 4.05. The molecule has 0 fully saturated rings. The number of anilines is 1. The lowest BCUT2D eigenvalue weighted by atomic mass is 10.1. The van der Waals surface area contributed by atoms with Crippen LogP contribution in [-0.4, -0.2) is 23.4 Å². The summed E-state index contributed by atoms with van der Waals surface area (Å²) in [6.07, 6.45) is 0.736. The first-order chi connectivity index (χ1) is 12.3. The highest BCUT2D eigenvalue weighted by molar-refractivity contribution is 6.33. The molecule has 0 aromatic heterocycles. The Bertz CT molecular complexity index is 867. The van der Waals surface area contributed by atoms with Crippen LogP contribution in [0.15, 0.2) is 36.4 Å². The maximum atomic E-state index is 12.1. The Morgan fingerprint density at radius 1 is 1.27 bits per heavy atom. The summed E-state index contributed by atoms with van der Waals surface area (Å²) in [5.41, 5.74) is 2.08. The van der Waals surface area contributed by atoms with Gasteiger partial charge in [-0.15, -0.1) is 0 Å². The molecule has 0 saturated heterocycles. The van der Waals surface area contributed by atoms with Gasteiger partial charge in [-0.2, -0.15) is 0 Å². The molecule has 1 amide bonds. The van der Waals surface area contributed by atoms with Crippen LogP contribution in [-0.2, 0) is 16.0 Å². The number of rotatable bonds is 6. The first-order valence-electron chi connectivity index (χ1n) is 7.83. The molecule has 0 unspecified atom stereocenters. The monoisotopic (exact) mass is 376 g/mol. The van der Waals surface area contributed by atoms with Crippen LogP contribution in [0.3, 0.4) is 0 Å². The second kappa shape index (κ2) is 8.44. The number of halogens is 1. The van der Waals surface area contributed by atoms with E-state index < -0.39 is 23.4 Å². The van der Waals surface area contributed by atoms with Crippen LogP contribution < -0.4 is 5.32 Å². The van der Waals surface area contributed by atoms with Crippen molar-refractivity contribution >= 4 is 34.9 Å². The first-order valence-corrected chi connectivity index (χ1v) is 8.20. The number of hydrogen-bond acceptors (Lipinski definition) is 5. The average Bonchev–Trinajstić information content (AvgIpc) is 2.61. The number of nitro benzene ring substituents is 1. The van der Waals surface area contributed by atoms with Crippen LogP contribution in [0, 0.1) is 17.0 Å². The largest absolute Gasteiger partial charge is 0.452 e. The smallest absolute Gasteiger partial charge is 0.340 e. The van der Waals surface area contributed by atoms with E-state index in [0.29, 0.717) is 5.69 Å². The van der Waals surface area contributed by atoms with Gasteiger partial charge in [-0.25, -0.2) is 4.79 Å². The van der Waals surface area contributed by atoms with Gasteiger partial charge in [0.05, 0.1) is 15.5 Å². The lowest BCUT2D eigenvalue weighted by molar-refractivity contribution is -0.384. The van der Waals surface area contributed by atoms with Crippen LogP contribution in [0.2, 0.25) is 5.02 Å². The van der Waals surface area contributed by atoms with Gasteiger partial charge in [0.2, 0.25) is 0 Å². The number of hydrogen-bond donors (Lipinski definition) is 1. The highest BCUT2D eigenvalue weighted by Gasteiger charge is 2.18. The number of carbonyl (C=O) groups excluding carboxylic acids is 2. The van der Waals surface area contributed by atoms with Crippen LogP contribution in [0.25, 0.3) is 0 Å². The number of nitrogens with one attached hydrogen (secondary N) is 1. The van der Waals surface area contributed by atoms with Gasteiger partial charge >= 0.3 is 5.97 Å². The standard InChI is InChI=1S/C18H17ClN2O5/c1-3-12-6-4-5-11(2)17(12)20-16(22)10-26-18(23)14-9-13(21(24)25)7-8-15(14)19/h4-9H,3,10H2,1-2H3,(H,20,22). The zero-order valence-corrected chi connectivity index (χ0v) is 15.0. The van der Waals surface area contributed by atoms with Crippen LogP contribution in [0.4, 0.5) is 11.4 Å². The average molecular weight is 377 g/mol. The molecule has 2 rings (SSSR count). The van der Waals surface area contributed by atoms with Gasteiger partial charge in [-0.3, -0.25) is 14.9 Å². The quantitative estimate of drug-likeness (QED) is 0.468. The number of nitro groups is 1. The summed E-state index contributed by atoms with van der Waals surface area (Å²) in [4.78, 5) is 34.3. The molecular weight excluding hydrogens is 360 g/mol. The number of aryl methyl sites for hydroxylation is 2. The fourth-order valence-electron chi connectivity index (χ4n) is 2.37. The number of esters is 1. The van der Waals surface area contributed by atoms with Gasteiger partial charge in [0.1, 0.15) is 0 Å². The number of para-hydroxylation sites is 1. The number of carbonyl (C=O) groups is 2. The van der Waals surface area contributed by atoms with E-state index in [9.17, 15) is 19.7 Å². The molecule has 0 bridgehead atoms. The molecule has 0 aliphatic carbocycles. The Morgan fingerprint density at radius 2 is 2.00 bits per heavy atom. The first kappa shape index (κ1) is 19.4. The Kier molecular flexibility index (Phi) is 6.30. The molecule has 7 nitrogen and oxygen atoms in total. The van der Waals surface area contributed by atoms with Gasteiger partial charge < -0.3 is 10.1 Å². The Balaban J connectivity index is 2.05. The third-order valence-electron chi connectivity index (χ3n) is 3.72. The van der Waals surface area contributed by atoms with E-state index >= 15 is 0 Å². The van der Waals surface area contributed by atoms with Crippen LogP contribution in [0.1, 0.15) is 28.4 Å². The van der Waals surface area contributed by atoms with Gasteiger partial charge in [0, 0.05) is 17.8 Å². The van der Waals surface area contributed by atoms with E-state index in [2.05, 4.69) is 5.32 Å². The highest BCUT2D eigenvalue weighted by Crippen LogP contribution is 2.23. The molecule has 136 valence electrons. The Hall–Kier alpha value is -2.93. The Morgan fingerprint density at radius 3 is 2.65 bits per heavy atom. The molecule has 0 heterocycles. The lowest BCUT2D eigenvalue weighted by Gasteiger charge is -2.13. The molecule has 2 aromatic carbocycles. The van der Waals surface area contributed by atoms with E-state index in [0.717, 1.165) is 23.6 Å². The topological polar surface area (TPSA) is 98.5 Å². The lowest BCUT2D eigenvalue weighted by Crippen LogP contribution is -2.22. The zero-order valence-electron chi connectivity index (χ0n) is 14.2. The van der Waals surface area contributed by atoms with Crippen molar-refractivity contribution in [1.29, 1.82) is 0 Å². The van der Waals surface area contributed by atoms with Crippen molar-refractivity contribution in [3.05, 3.63) is 68.2 Å². The summed E-state index contributed by atoms with van der Waals surface area (Å²) in [6, 6.07) is 9.09. The molecule has 0 radical (unpaired) electrons. The van der Waals surface area contributed by atoms with Gasteiger partial charge in [0.15, 0.2) is 6.61 Å². The normalized spacial score (nSPS) is 10.3. The van der Waals surface area contributed by atoms with E-state index in [1.165, 1.54) is 12.1 Å². The predicted molar refractivity (Wildman–Crippen MR) is 97.6 cm³/mol. The van der Waals surface area contributed by atoms with Crippen molar-refractivity contribution in [2.75, 3.05) is 11.9 Å². The summed E-state index contributed by atoms with van der Waals surface area (Å²) in [7, 11) is 0. The third kappa shape index (κ3) is 4.58. The maximum Gasteiger partial charge on any atom is 0.340 e. The van der Waals surface area contributed by atoms with Crippen molar-refractivity contribution in [3.8, 4) is 0 Å². The minimum absolute atomic E-state index is 0.00758. The van der Waals surface area contributed by atoms with Crippen LogP contribution >= 0.6 is 11.6 Å². The highest BCUT2D eigenvalue weighted by atomic mass is 35.5. The Labute approximate surface area is 155 Å². The molecule has 8 heteroatoms. The minimum Gasteiger partial charge on any atom is -0.452 e. The molecular formula is C18H17ClN2O5.